The molecule has 0 atom stereocenters. The quantitative estimate of drug-likeness (QED) is 0.608. The minimum atomic E-state index is -3.07. The van der Waals surface area contributed by atoms with Crippen molar-refractivity contribution in [2.24, 2.45) is 0 Å². The summed E-state index contributed by atoms with van der Waals surface area (Å²) < 4.78 is 12.1. The van der Waals surface area contributed by atoms with Crippen molar-refractivity contribution in [1.82, 2.24) is 8.85 Å². The molecule has 97 valence electrons. The van der Waals surface area contributed by atoms with E-state index in [-0.39, 0.29) is 17.7 Å². The molecule has 1 fully saturated rings. The monoisotopic (exact) mass is 297 g/mol. The second kappa shape index (κ2) is 4.35. The van der Waals surface area contributed by atoms with E-state index in [1.165, 1.54) is 0 Å². The number of carbonyl (C=O) groups excluding carboxylic acids is 5. The Hall–Kier alpha value is -2.00. The third-order valence-electron chi connectivity index (χ3n) is 2.20. The van der Waals surface area contributed by atoms with Crippen molar-refractivity contribution in [2.45, 2.75) is 12.8 Å². The van der Waals surface area contributed by atoms with Crippen LogP contribution in [-0.4, -0.2) is 37.3 Å². The van der Waals surface area contributed by atoms with E-state index in [2.05, 4.69) is 0 Å². The molecule has 0 unspecified atom stereocenters. The van der Waals surface area contributed by atoms with Gasteiger partial charge in [0, 0.05) is 0 Å². The molecule has 0 bridgehead atoms. The molecule has 0 radical (unpaired) electrons. The maximum atomic E-state index is 11.8. The molecule has 0 spiro atoms. The van der Waals surface area contributed by atoms with Crippen LogP contribution in [0.25, 0.3) is 0 Å². The van der Waals surface area contributed by atoms with Crippen molar-refractivity contribution in [3.63, 3.8) is 0 Å². The topological polar surface area (TPSA) is 109 Å². The van der Waals surface area contributed by atoms with Gasteiger partial charge in [-0.05, 0) is 0 Å². The summed E-state index contributed by atoms with van der Waals surface area (Å²) in [5, 5.41) is 0. The van der Waals surface area contributed by atoms with Gasteiger partial charge < -0.3 is 0 Å². The van der Waals surface area contributed by atoms with E-state index in [9.17, 15) is 27.8 Å². The zero-order chi connectivity index (χ0) is 13.4. The Morgan fingerprint density at radius 1 is 1.00 bits per heavy atom. The molecular formula is C9H6CoN2O6. The maximum absolute atomic E-state index is 11.8. The molecule has 0 aliphatic carbocycles. The molecule has 2 rings (SSSR count). The molecule has 9 heteroatoms. The van der Waals surface area contributed by atoms with Gasteiger partial charge in [-0.3, -0.25) is 0 Å². The molecule has 5 amide bonds. The molecule has 1 saturated heterocycles. The summed E-state index contributed by atoms with van der Waals surface area (Å²) in [6.07, 6.45) is 1.42. The van der Waals surface area contributed by atoms with Gasteiger partial charge in [-0.1, -0.05) is 0 Å². The third-order valence-corrected chi connectivity index (χ3v) is 3.76. The molecule has 18 heavy (non-hydrogen) atoms. The van der Waals surface area contributed by atoms with E-state index in [4.69, 9.17) is 0 Å². The van der Waals surface area contributed by atoms with Crippen LogP contribution in [0.4, 0.5) is 4.79 Å². The molecule has 0 N–H and O–H groups in total. The summed E-state index contributed by atoms with van der Waals surface area (Å²) >= 11 is -3.07. The summed E-state index contributed by atoms with van der Waals surface area (Å²) in [5.41, 5.74) is 0. The minimum absolute atomic E-state index is 0.132. The Labute approximate surface area is 104 Å². The summed E-state index contributed by atoms with van der Waals surface area (Å²) in [6, 6.07) is 0. The van der Waals surface area contributed by atoms with Gasteiger partial charge in [0.1, 0.15) is 0 Å². The Morgan fingerprint density at radius 2 is 1.44 bits per heavy atom. The standard InChI is InChI=1S/C5H2NO3.C4H5NO2.Co.O/c7-3-6-4(8)1-2-5(6)9;6-3-1-2-4(7)5-3;;/h1-2H;1-2H2,(H,5,6,7);;/q;;+1;/p-1. The summed E-state index contributed by atoms with van der Waals surface area (Å²) in [4.78, 5) is 55.4. The second-order valence-corrected chi connectivity index (χ2v) is 4.88. The van der Waals surface area contributed by atoms with Crippen molar-refractivity contribution >= 4 is 28.5 Å². The van der Waals surface area contributed by atoms with Crippen molar-refractivity contribution in [3.8, 4) is 0 Å². The number of carbonyl (C=O) groups is 5. The van der Waals surface area contributed by atoms with Gasteiger partial charge in [-0.15, -0.1) is 0 Å². The molecular weight excluding hydrogens is 291 g/mol. The van der Waals surface area contributed by atoms with Crippen LogP contribution in [0.1, 0.15) is 12.8 Å². The van der Waals surface area contributed by atoms with Crippen LogP contribution in [0.2, 0.25) is 0 Å². The van der Waals surface area contributed by atoms with Crippen LogP contribution in [-0.2, 0) is 36.8 Å². The fourth-order valence-corrected chi connectivity index (χ4v) is 2.71. The molecule has 0 aromatic heterocycles. The van der Waals surface area contributed by atoms with E-state index >= 15 is 0 Å². The average molecular weight is 297 g/mol. The van der Waals surface area contributed by atoms with Crippen molar-refractivity contribution in [2.75, 3.05) is 0 Å². The van der Waals surface area contributed by atoms with Crippen molar-refractivity contribution < 1.29 is 41.6 Å². The molecule has 0 aromatic carbocycles. The zero-order valence-corrected chi connectivity index (χ0v) is 9.79. The number of hydrogen-bond acceptors (Lipinski definition) is 6. The van der Waals surface area contributed by atoms with Crippen LogP contribution in [0.15, 0.2) is 12.2 Å². The summed E-state index contributed by atoms with van der Waals surface area (Å²) in [5.74, 6) is -3.38. The van der Waals surface area contributed by atoms with Gasteiger partial charge in [0.05, 0.1) is 0 Å². The molecule has 0 aromatic rings. The number of hydrogen-bond donors (Lipinski definition) is 0. The van der Waals surface area contributed by atoms with Gasteiger partial charge in [-0.25, -0.2) is 0 Å². The molecule has 0 saturated carbocycles. The predicted molar refractivity (Wildman–Crippen MR) is 48.2 cm³/mol. The van der Waals surface area contributed by atoms with Gasteiger partial charge in [-0.2, -0.15) is 0 Å². The fourth-order valence-electron chi connectivity index (χ4n) is 1.38. The average Bonchev–Trinajstić information content (AvgIpc) is 2.81. The number of amides is 5. The van der Waals surface area contributed by atoms with Crippen LogP contribution in [0.3, 0.4) is 0 Å². The van der Waals surface area contributed by atoms with E-state index < -0.39 is 42.3 Å². The first-order chi connectivity index (χ1) is 8.43. The Bertz CT molecular complexity index is 505. The van der Waals surface area contributed by atoms with Gasteiger partial charge in [0.15, 0.2) is 0 Å². The first-order valence-corrected chi connectivity index (χ1v) is 6.12. The number of rotatable bonds is 2. The summed E-state index contributed by atoms with van der Waals surface area (Å²) in [6.45, 7) is 0. The molecule has 2 heterocycles. The Kier molecular flexibility index (Phi) is 3.01. The summed E-state index contributed by atoms with van der Waals surface area (Å²) in [7, 11) is 0. The van der Waals surface area contributed by atoms with E-state index in [1.54, 1.807) is 0 Å². The van der Waals surface area contributed by atoms with Crippen molar-refractivity contribution in [3.05, 3.63) is 12.2 Å². The van der Waals surface area contributed by atoms with Gasteiger partial charge >= 0.3 is 104 Å². The first-order valence-electron chi connectivity index (χ1n) is 4.71. The first kappa shape index (κ1) is 12.5. The predicted octanol–water partition coefficient (Wildman–Crippen LogP) is -0.941. The van der Waals surface area contributed by atoms with Crippen LogP contribution in [0, 0.1) is 0 Å². The molecule has 2 aliphatic rings. The van der Waals surface area contributed by atoms with Gasteiger partial charge in [0.2, 0.25) is 0 Å². The van der Waals surface area contributed by atoms with Crippen LogP contribution < -0.4 is 0 Å². The normalized spacial score (nSPS) is 20.1. The third kappa shape index (κ3) is 1.82. The van der Waals surface area contributed by atoms with Crippen LogP contribution >= 0.6 is 0 Å². The number of imide groups is 4. The fraction of sp³-hybridized carbons (Fsp3) is 0.222. The van der Waals surface area contributed by atoms with E-state index in [0.29, 0.717) is 3.95 Å². The molecule has 8 nitrogen and oxygen atoms in total. The SMILES string of the molecule is O=C1C=CC(=O)N1[C](=O)[Co](=[O])[N]1C(=O)CCC1=O. The van der Waals surface area contributed by atoms with Crippen molar-refractivity contribution in [1.29, 1.82) is 0 Å². The Balaban J connectivity index is 2.22. The molecule has 2 aliphatic heterocycles. The van der Waals surface area contributed by atoms with E-state index in [1.807, 2.05) is 0 Å². The number of nitrogens with zero attached hydrogens (tertiary/aromatic N) is 2. The zero-order valence-electron chi connectivity index (χ0n) is 8.75. The van der Waals surface area contributed by atoms with Gasteiger partial charge in [0.25, 0.3) is 0 Å². The van der Waals surface area contributed by atoms with Crippen LogP contribution in [0.5, 0.6) is 0 Å². The van der Waals surface area contributed by atoms with E-state index in [0.717, 1.165) is 12.2 Å². The Morgan fingerprint density at radius 3 is 1.89 bits per heavy atom. The second-order valence-electron chi connectivity index (χ2n) is 3.33.